The van der Waals surface area contributed by atoms with Crippen molar-refractivity contribution in [2.75, 3.05) is 0 Å². The molecule has 3 rings (SSSR count). The number of halogens is 2. The highest BCUT2D eigenvalue weighted by atomic mass is 19.2. The third kappa shape index (κ3) is 5.12. The second-order valence-electron chi connectivity index (χ2n) is 7.22. The molecule has 0 atom stereocenters. The van der Waals surface area contributed by atoms with E-state index >= 15 is 0 Å². The minimum absolute atomic E-state index is 0.263. The Morgan fingerprint density at radius 3 is 1.76 bits per heavy atom. The molecule has 0 amide bonds. The Kier molecular flexibility index (Phi) is 7.19. The van der Waals surface area contributed by atoms with E-state index in [1.54, 1.807) is 24.3 Å². The van der Waals surface area contributed by atoms with Crippen molar-refractivity contribution in [2.24, 2.45) is 0 Å². The molecule has 0 unspecified atom stereocenters. The van der Waals surface area contributed by atoms with E-state index in [2.05, 4.69) is 25.7 Å². The van der Waals surface area contributed by atoms with Gasteiger partial charge in [-0.2, -0.15) is 0 Å². The Balaban J connectivity index is 1.84. The van der Waals surface area contributed by atoms with Gasteiger partial charge in [0.2, 0.25) is 0 Å². The van der Waals surface area contributed by atoms with E-state index in [0.29, 0.717) is 11.1 Å². The van der Waals surface area contributed by atoms with Gasteiger partial charge in [0.25, 0.3) is 0 Å². The fourth-order valence-electron chi connectivity index (χ4n) is 3.30. The van der Waals surface area contributed by atoms with Crippen molar-refractivity contribution in [3.63, 3.8) is 0 Å². The quantitative estimate of drug-likeness (QED) is 0.298. The van der Waals surface area contributed by atoms with Gasteiger partial charge in [-0.1, -0.05) is 87.1 Å². The maximum absolute atomic E-state index is 14.8. The monoisotopic (exact) mass is 388 g/mol. The predicted octanol–water partition coefficient (Wildman–Crippen LogP) is 7.79. The number of hydrogen-bond donors (Lipinski definition) is 0. The normalized spacial score (nSPS) is 10.5. The van der Waals surface area contributed by atoms with Gasteiger partial charge >= 0.3 is 0 Å². The highest BCUT2D eigenvalue weighted by Gasteiger charge is 2.16. The van der Waals surface area contributed by atoms with Crippen LogP contribution < -0.4 is 0 Å². The fourth-order valence-corrected chi connectivity index (χ4v) is 3.30. The van der Waals surface area contributed by atoms with Crippen LogP contribution in [0.25, 0.3) is 22.3 Å². The molecule has 0 aliphatic carbocycles. The van der Waals surface area contributed by atoms with Crippen LogP contribution in [0.1, 0.15) is 50.7 Å². The second-order valence-corrected chi connectivity index (χ2v) is 7.22. The van der Waals surface area contributed by atoms with Crippen molar-refractivity contribution >= 4 is 0 Å². The molecule has 0 aliphatic rings. The van der Waals surface area contributed by atoms with Crippen LogP contribution in [0.15, 0.2) is 60.7 Å². The van der Waals surface area contributed by atoms with Crippen LogP contribution in [-0.2, 0) is 6.42 Å². The molecule has 0 saturated heterocycles. The minimum Gasteiger partial charge on any atom is -0.203 e. The summed E-state index contributed by atoms with van der Waals surface area (Å²) in [7, 11) is 0. The van der Waals surface area contributed by atoms with Gasteiger partial charge in [-0.15, -0.1) is 0 Å². The van der Waals surface area contributed by atoms with Gasteiger partial charge in [0.05, 0.1) is 0 Å². The molecule has 0 radical (unpaired) electrons. The molecule has 0 aromatic heterocycles. The van der Waals surface area contributed by atoms with Crippen molar-refractivity contribution in [3.05, 3.63) is 83.4 Å². The smallest absolute Gasteiger partial charge is 0.167 e. The minimum atomic E-state index is -0.818. The van der Waals surface area contributed by atoms with Gasteiger partial charge in [0, 0.05) is 23.1 Å². The van der Waals surface area contributed by atoms with Crippen LogP contribution in [0.5, 0.6) is 0 Å². The number of hydrogen-bond acceptors (Lipinski definition) is 0. The highest BCUT2D eigenvalue weighted by molar-refractivity contribution is 5.72. The zero-order valence-corrected chi connectivity index (χ0v) is 17.1. The van der Waals surface area contributed by atoms with Gasteiger partial charge < -0.3 is 0 Å². The zero-order valence-electron chi connectivity index (χ0n) is 17.1. The zero-order chi connectivity index (χ0) is 20.6. The van der Waals surface area contributed by atoms with Crippen LogP contribution >= 0.6 is 0 Å². The Morgan fingerprint density at radius 2 is 1.24 bits per heavy atom. The lowest BCUT2D eigenvalue weighted by Crippen LogP contribution is -1.94. The van der Waals surface area contributed by atoms with E-state index in [1.807, 2.05) is 36.4 Å². The van der Waals surface area contributed by atoms with Crippen molar-refractivity contribution in [3.8, 4) is 34.1 Å². The Bertz CT molecular complexity index is 1000. The van der Waals surface area contributed by atoms with Crippen LogP contribution in [-0.4, -0.2) is 0 Å². The number of unbranched alkanes of at least 4 members (excludes halogenated alkanes) is 2. The van der Waals surface area contributed by atoms with E-state index in [9.17, 15) is 8.78 Å². The van der Waals surface area contributed by atoms with E-state index in [0.717, 1.165) is 37.7 Å². The van der Waals surface area contributed by atoms with E-state index in [1.165, 1.54) is 5.56 Å². The summed E-state index contributed by atoms with van der Waals surface area (Å²) in [4.78, 5) is 0. The average Bonchev–Trinajstić information content (AvgIpc) is 2.75. The number of benzene rings is 3. The van der Waals surface area contributed by atoms with Gasteiger partial charge in [0.15, 0.2) is 11.6 Å². The molecule has 148 valence electrons. The standard InChI is InChI=1S/C27H26F2/c1-3-5-6-7-9-21-12-16-23(17-13-21)25-19-18-24(26(28)27(25)29)22-14-10-20(8-4-2)11-15-22/h10-19H,3-6,8H2,1-2H3. The first kappa shape index (κ1) is 20.8. The van der Waals surface area contributed by atoms with E-state index in [-0.39, 0.29) is 11.1 Å². The molecule has 0 N–H and O–H groups in total. The maximum atomic E-state index is 14.8. The average molecular weight is 389 g/mol. The molecule has 0 nitrogen and oxygen atoms in total. The summed E-state index contributed by atoms with van der Waals surface area (Å²) in [5, 5.41) is 0. The van der Waals surface area contributed by atoms with Crippen molar-refractivity contribution in [2.45, 2.75) is 46.0 Å². The molecular formula is C27H26F2. The number of aryl methyl sites for hydroxylation is 1. The molecule has 0 aliphatic heterocycles. The van der Waals surface area contributed by atoms with Gasteiger partial charge in [0.1, 0.15) is 0 Å². The van der Waals surface area contributed by atoms with Gasteiger partial charge in [-0.25, -0.2) is 8.78 Å². The Hall–Kier alpha value is -2.92. The van der Waals surface area contributed by atoms with Gasteiger partial charge in [-0.05, 0) is 41.7 Å². The lowest BCUT2D eigenvalue weighted by atomic mass is 9.97. The molecule has 2 heteroatoms. The van der Waals surface area contributed by atoms with E-state index in [4.69, 9.17) is 0 Å². The summed E-state index contributed by atoms with van der Waals surface area (Å²) in [5.74, 6) is 4.62. The lowest BCUT2D eigenvalue weighted by molar-refractivity contribution is 0.514. The lowest BCUT2D eigenvalue weighted by Gasteiger charge is -2.10. The molecule has 0 fully saturated rings. The third-order valence-corrected chi connectivity index (χ3v) is 4.97. The fraction of sp³-hybridized carbons (Fsp3) is 0.259. The molecule has 0 bridgehead atoms. The largest absolute Gasteiger partial charge is 0.203 e. The summed E-state index contributed by atoms with van der Waals surface area (Å²) < 4.78 is 29.6. The SMILES string of the molecule is CCCCC#Cc1ccc(-c2ccc(-c3ccc(CCC)cc3)c(F)c2F)cc1. The van der Waals surface area contributed by atoms with Gasteiger partial charge in [-0.3, -0.25) is 0 Å². The topological polar surface area (TPSA) is 0 Å². The van der Waals surface area contributed by atoms with Crippen LogP contribution in [0, 0.1) is 23.5 Å². The molecule has 29 heavy (non-hydrogen) atoms. The van der Waals surface area contributed by atoms with E-state index < -0.39 is 11.6 Å². The molecule has 0 spiro atoms. The Labute approximate surface area is 172 Å². The molecule has 0 saturated carbocycles. The summed E-state index contributed by atoms with van der Waals surface area (Å²) in [5.41, 5.74) is 3.96. The molecule has 3 aromatic rings. The molecular weight excluding hydrogens is 362 g/mol. The summed E-state index contributed by atoms with van der Waals surface area (Å²) >= 11 is 0. The highest BCUT2D eigenvalue weighted by Crippen LogP contribution is 2.31. The second kappa shape index (κ2) is 10.0. The molecule has 0 heterocycles. The van der Waals surface area contributed by atoms with Crippen molar-refractivity contribution in [1.29, 1.82) is 0 Å². The first-order valence-corrected chi connectivity index (χ1v) is 10.3. The van der Waals surface area contributed by atoms with Crippen LogP contribution in [0.2, 0.25) is 0 Å². The summed E-state index contributed by atoms with van der Waals surface area (Å²) in [6.45, 7) is 4.25. The van der Waals surface area contributed by atoms with Crippen molar-refractivity contribution < 1.29 is 8.78 Å². The van der Waals surface area contributed by atoms with Crippen LogP contribution in [0.4, 0.5) is 8.78 Å². The summed E-state index contributed by atoms with van der Waals surface area (Å²) in [6, 6.07) is 18.3. The van der Waals surface area contributed by atoms with Crippen molar-refractivity contribution in [1.82, 2.24) is 0 Å². The summed E-state index contributed by atoms with van der Waals surface area (Å²) in [6.07, 6.45) is 5.12. The maximum Gasteiger partial charge on any atom is 0.167 e. The first-order chi connectivity index (χ1) is 14.1. The first-order valence-electron chi connectivity index (χ1n) is 10.3. The van der Waals surface area contributed by atoms with Crippen LogP contribution in [0.3, 0.4) is 0 Å². The molecule has 3 aromatic carbocycles. The Morgan fingerprint density at radius 1 is 0.690 bits per heavy atom. The predicted molar refractivity (Wildman–Crippen MR) is 118 cm³/mol. The third-order valence-electron chi connectivity index (χ3n) is 4.97. The number of rotatable bonds is 6.